The predicted octanol–water partition coefficient (Wildman–Crippen LogP) is 1.53. The van der Waals surface area contributed by atoms with Gasteiger partial charge in [-0.1, -0.05) is 23.2 Å². The molecule has 0 aromatic heterocycles. The molecular weight excluding hydrogens is 345 g/mol. The van der Waals surface area contributed by atoms with Gasteiger partial charge < -0.3 is 9.84 Å². The van der Waals surface area contributed by atoms with E-state index in [1.807, 2.05) is 4.72 Å². The maximum Gasteiger partial charge on any atom is 0.337 e. The third-order valence-corrected chi connectivity index (χ3v) is 4.43. The number of esters is 1. The molecule has 0 unspecified atom stereocenters. The zero-order valence-electron chi connectivity index (χ0n) is 10.7. The number of rotatable bonds is 6. The molecule has 0 atom stereocenters. The lowest BCUT2D eigenvalue weighted by Crippen LogP contribution is -2.31. The molecule has 0 bridgehead atoms. The van der Waals surface area contributed by atoms with Gasteiger partial charge in [-0.25, -0.2) is 13.2 Å². The van der Waals surface area contributed by atoms with Crippen molar-refractivity contribution in [3.05, 3.63) is 27.7 Å². The van der Waals surface area contributed by atoms with Crippen molar-refractivity contribution in [1.29, 1.82) is 0 Å². The minimum atomic E-state index is -4.18. The van der Waals surface area contributed by atoms with Gasteiger partial charge in [0.2, 0.25) is 10.0 Å². The summed E-state index contributed by atoms with van der Waals surface area (Å²) in [6.07, 6.45) is 0. The first-order valence-corrected chi connectivity index (χ1v) is 7.80. The van der Waals surface area contributed by atoms with E-state index in [0.29, 0.717) is 0 Å². The Kier molecular flexibility index (Phi) is 5.97. The summed E-state index contributed by atoms with van der Waals surface area (Å²) >= 11 is 11.4. The van der Waals surface area contributed by atoms with Crippen LogP contribution in [-0.2, 0) is 19.6 Å². The van der Waals surface area contributed by atoms with Crippen LogP contribution < -0.4 is 4.72 Å². The summed E-state index contributed by atoms with van der Waals surface area (Å²) in [5.74, 6) is -2.18. The van der Waals surface area contributed by atoms with Gasteiger partial charge in [0.05, 0.1) is 22.2 Å². The van der Waals surface area contributed by atoms with Gasteiger partial charge in [0.15, 0.2) is 0 Å². The molecule has 1 aromatic carbocycles. The molecule has 1 aromatic rings. The third-order valence-electron chi connectivity index (χ3n) is 2.25. The number of hydrogen-bond acceptors (Lipinski definition) is 5. The van der Waals surface area contributed by atoms with E-state index in [1.54, 1.807) is 6.92 Å². The van der Waals surface area contributed by atoms with Crippen molar-refractivity contribution in [2.45, 2.75) is 11.8 Å². The lowest BCUT2D eigenvalue weighted by Gasteiger charge is -2.10. The summed E-state index contributed by atoms with van der Waals surface area (Å²) < 4.78 is 30.6. The maximum atomic E-state index is 12.0. The molecule has 21 heavy (non-hydrogen) atoms. The number of sulfonamides is 1. The molecule has 10 heteroatoms. The van der Waals surface area contributed by atoms with Crippen LogP contribution in [0.5, 0.6) is 0 Å². The normalized spacial score (nSPS) is 11.2. The fourth-order valence-electron chi connectivity index (χ4n) is 1.34. The number of benzene rings is 1. The number of carboxylic acids is 1. The molecule has 116 valence electrons. The lowest BCUT2D eigenvalue weighted by atomic mass is 10.2. The van der Waals surface area contributed by atoms with Crippen LogP contribution >= 0.6 is 23.2 Å². The van der Waals surface area contributed by atoms with Crippen LogP contribution in [0, 0.1) is 0 Å². The summed E-state index contributed by atoms with van der Waals surface area (Å²) in [4.78, 5) is 21.6. The fraction of sp³-hybridized carbons (Fsp3) is 0.273. The minimum absolute atomic E-state index is 0.103. The third kappa shape index (κ3) is 4.57. The number of aromatic carboxylic acids is 1. The highest BCUT2D eigenvalue weighted by Gasteiger charge is 2.23. The lowest BCUT2D eigenvalue weighted by molar-refractivity contribution is -0.141. The predicted molar refractivity (Wildman–Crippen MR) is 75.2 cm³/mol. The molecule has 0 amide bonds. The van der Waals surface area contributed by atoms with E-state index in [2.05, 4.69) is 4.74 Å². The van der Waals surface area contributed by atoms with Crippen LogP contribution in [0.25, 0.3) is 0 Å². The van der Waals surface area contributed by atoms with Crippen molar-refractivity contribution in [2.24, 2.45) is 0 Å². The van der Waals surface area contributed by atoms with Crippen LogP contribution in [0.15, 0.2) is 17.0 Å². The topological polar surface area (TPSA) is 110 Å². The summed E-state index contributed by atoms with van der Waals surface area (Å²) in [6, 6.07) is 1.83. The van der Waals surface area contributed by atoms with Gasteiger partial charge in [0.1, 0.15) is 11.4 Å². The Labute approximate surface area is 130 Å². The van der Waals surface area contributed by atoms with E-state index < -0.39 is 39.0 Å². The van der Waals surface area contributed by atoms with Crippen LogP contribution in [0.2, 0.25) is 10.0 Å². The molecule has 0 aliphatic carbocycles. The molecule has 0 saturated heterocycles. The number of ether oxygens (including phenoxy) is 1. The molecule has 0 spiro atoms. The Morgan fingerprint density at radius 1 is 1.29 bits per heavy atom. The second-order valence-corrected chi connectivity index (χ2v) is 6.25. The fourth-order valence-corrected chi connectivity index (χ4v) is 3.16. The zero-order valence-corrected chi connectivity index (χ0v) is 13.0. The number of carbonyl (C=O) groups excluding carboxylic acids is 1. The van der Waals surface area contributed by atoms with Crippen LogP contribution in [-0.4, -0.2) is 38.6 Å². The molecule has 7 nitrogen and oxygen atoms in total. The first kappa shape index (κ1) is 17.7. The Balaban J connectivity index is 3.11. The molecular formula is C11H11Cl2NO6S. The van der Waals surface area contributed by atoms with Crippen molar-refractivity contribution in [2.75, 3.05) is 13.2 Å². The summed E-state index contributed by atoms with van der Waals surface area (Å²) in [5.41, 5.74) is -0.419. The summed E-state index contributed by atoms with van der Waals surface area (Å²) in [5, 5.41) is 8.46. The van der Waals surface area contributed by atoms with E-state index in [1.165, 1.54) is 0 Å². The highest BCUT2D eigenvalue weighted by Crippen LogP contribution is 2.28. The van der Waals surface area contributed by atoms with Gasteiger partial charge in [-0.2, -0.15) is 4.72 Å². The average Bonchev–Trinajstić information content (AvgIpc) is 2.36. The maximum absolute atomic E-state index is 12.0. The molecule has 0 fully saturated rings. The Morgan fingerprint density at radius 2 is 1.90 bits per heavy atom. The Morgan fingerprint density at radius 3 is 2.43 bits per heavy atom. The second kappa shape index (κ2) is 7.08. The monoisotopic (exact) mass is 355 g/mol. The molecule has 0 heterocycles. The molecule has 0 saturated carbocycles. The van der Waals surface area contributed by atoms with E-state index >= 15 is 0 Å². The second-order valence-electron chi connectivity index (χ2n) is 3.70. The van der Waals surface area contributed by atoms with E-state index in [9.17, 15) is 18.0 Å². The zero-order chi connectivity index (χ0) is 16.2. The van der Waals surface area contributed by atoms with Gasteiger partial charge >= 0.3 is 11.9 Å². The van der Waals surface area contributed by atoms with E-state index in [4.69, 9.17) is 28.3 Å². The summed E-state index contributed by atoms with van der Waals surface area (Å²) in [7, 11) is -4.18. The average molecular weight is 356 g/mol. The highest BCUT2D eigenvalue weighted by molar-refractivity contribution is 7.89. The first-order chi connectivity index (χ1) is 9.69. The Bertz CT molecular complexity index is 674. The van der Waals surface area contributed by atoms with Crippen LogP contribution in [0.4, 0.5) is 0 Å². The van der Waals surface area contributed by atoms with Gasteiger partial charge in [0, 0.05) is 0 Å². The first-order valence-electron chi connectivity index (χ1n) is 5.56. The molecule has 0 aliphatic heterocycles. The van der Waals surface area contributed by atoms with Crippen molar-refractivity contribution in [1.82, 2.24) is 4.72 Å². The van der Waals surface area contributed by atoms with Gasteiger partial charge in [-0.05, 0) is 19.1 Å². The number of carbonyl (C=O) groups is 2. The van der Waals surface area contributed by atoms with E-state index in [-0.39, 0.29) is 16.7 Å². The number of hydrogen-bond donors (Lipinski definition) is 2. The van der Waals surface area contributed by atoms with Gasteiger partial charge in [-0.3, -0.25) is 4.79 Å². The minimum Gasteiger partial charge on any atom is -0.478 e. The largest absolute Gasteiger partial charge is 0.478 e. The molecule has 2 N–H and O–H groups in total. The standard InChI is InChI=1S/C11H11Cl2NO6S/c1-2-20-10(15)5-14-21(18,19)9-3-6(11(16)17)7(12)4-8(9)13/h3-4,14H,2,5H2,1H3,(H,16,17). The van der Waals surface area contributed by atoms with E-state index in [0.717, 1.165) is 12.1 Å². The van der Waals surface area contributed by atoms with Gasteiger partial charge in [-0.15, -0.1) is 0 Å². The van der Waals surface area contributed by atoms with Crippen molar-refractivity contribution >= 4 is 45.2 Å². The SMILES string of the molecule is CCOC(=O)CNS(=O)(=O)c1cc(C(=O)O)c(Cl)cc1Cl. The van der Waals surface area contributed by atoms with Crippen molar-refractivity contribution in [3.63, 3.8) is 0 Å². The molecule has 0 aliphatic rings. The quantitative estimate of drug-likeness (QED) is 0.748. The number of nitrogens with one attached hydrogen (secondary N) is 1. The van der Waals surface area contributed by atoms with Gasteiger partial charge in [0.25, 0.3) is 0 Å². The van der Waals surface area contributed by atoms with Crippen LogP contribution in [0.1, 0.15) is 17.3 Å². The molecule has 1 rings (SSSR count). The number of halogens is 2. The van der Waals surface area contributed by atoms with Crippen molar-refractivity contribution < 1.29 is 27.9 Å². The highest BCUT2D eigenvalue weighted by atomic mass is 35.5. The molecule has 0 radical (unpaired) electrons. The van der Waals surface area contributed by atoms with Crippen LogP contribution in [0.3, 0.4) is 0 Å². The smallest absolute Gasteiger partial charge is 0.337 e. The summed E-state index contributed by atoms with van der Waals surface area (Å²) in [6.45, 7) is 1.07. The Hall–Kier alpha value is -1.35. The number of carboxylic acid groups (broad SMARTS) is 1. The van der Waals surface area contributed by atoms with Crippen molar-refractivity contribution in [3.8, 4) is 0 Å².